The van der Waals surface area contributed by atoms with Crippen LogP contribution in [0, 0.1) is 17.0 Å². The fourth-order valence-electron chi connectivity index (χ4n) is 1.98. The van der Waals surface area contributed by atoms with Gasteiger partial charge in [-0.1, -0.05) is 6.07 Å². The highest BCUT2D eigenvalue weighted by Crippen LogP contribution is 2.29. The lowest BCUT2D eigenvalue weighted by Gasteiger charge is -2.11. The zero-order valence-corrected chi connectivity index (χ0v) is 14.9. The molecule has 2 N–H and O–H groups in total. The topological polar surface area (TPSA) is 111 Å². The SMILES string of the molecule is COc1cc([N+](=O)[O-])ccc1NC(=O)C(=O)Nc1ccc(C)cc1Br. The van der Waals surface area contributed by atoms with Crippen molar-refractivity contribution in [1.82, 2.24) is 0 Å². The van der Waals surface area contributed by atoms with Crippen LogP contribution in [0.25, 0.3) is 0 Å². The lowest BCUT2D eigenvalue weighted by Crippen LogP contribution is -2.29. The zero-order valence-electron chi connectivity index (χ0n) is 13.3. The van der Waals surface area contributed by atoms with E-state index >= 15 is 0 Å². The third-order valence-electron chi connectivity index (χ3n) is 3.22. The molecule has 2 aromatic rings. The third kappa shape index (κ3) is 4.54. The summed E-state index contributed by atoms with van der Waals surface area (Å²) in [6.07, 6.45) is 0. The second kappa shape index (κ2) is 7.75. The molecule has 0 bridgehead atoms. The van der Waals surface area contributed by atoms with Crippen LogP contribution >= 0.6 is 15.9 Å². The monoisotopic (exact) mass is 407 g/mol. The first-order valence-electron chi connectivity index (χ1n) is 7.02. The smallest absolute Gasteiger partial charge is 0.314 e. The number of hydrogen-bond donors (Lipinski definition) is 2. The number of methoxy groups -OCH3 is 1. The number of anilines is 2. The van der Waals surface area contributed by atoms with E-state index in [0.29, 0.717) is 10.2 Å². The summed E-state index contributed by atoms with van der Waals surface area (Å²) in [6.45, 7) is 1.89. The van der Waals surface area contributed by atoms with Gasteiger partial charge in [0.2, 0.25) is 0 Å². The van der Waals surface area contributed by atoms with Gasteiger partial charge in [-0.2, -0.15) is 0 Å². The molecule has 0 atom stereocenters. The molecular formula is C16H14BrN3O5. The standard InChI is InChI=1S/C16H14BrN3O5/c1-9-3-5-12(11(17)7-9)18-15(21)16(22)19-13-6-4-10(20(23)24)8-14(13)25-2/h3-8H,1-2H3,(H,18,21)(H,19,22). The normalized spacial score (nSPS) is 10.0. The maximum absolute atomic E-state index is 12.1. The summed E-state index contributed by atoms with van der Waals surface area (Å²) in [6, 6.07) is 8.90. The van der Waals surface area contributed by atoms with Crippen molar-refractivity contribution in [2.45, 2.75) is 6.92 Å². The van der Waals surface area contributed by atoms with Crippen molar-refractivity contribution in [2.24, 2.45) is 0 Å². The largest absolute Gasteiger partial charge is 0.494 e. The number of nitrogens with zero attached hydrogens (tertiary/aromatic N) is 1. The summed E-state index contributed by atoms with van der Waals surface area (Å²) in [5.41, 5.74) is 1.39. The fourth-order valence-corrected chi connectivity index (χ4v) is 2.57. The van der Waals surface area contributed by atoms with Gasteiger partial charge in [-0.3, -0.25) is 19.7 Å². The third-order valence-corrected chi connectivity index (χ3v) is 3.88. The number of rotatable bonds is 4. The van der Waals surface area contributed by atoms with E-state index in [1.807, 2.05) is 6.92 Å². The molecule has 2 amide bonds. The number of nitrogens with one attached hydrogen (secondary N) is 2. The summed E-state index contributed by atoms with van der Waals surface area (Å²) in [7, 11) is 1.30. The quantitative estimate of drug-likeness (QED) is 0.459. The Kier molecular flexibility index (Phi) is 5.71. The second-order valence-electron chi connectivity index (χ2n) is 5.03. The molecular weight excluding hydrogens is 394 g/mol. The predicted octanol–water partition coefficient (Wildman–Crippen LogP) is 3.25. The molecule has 0 radical (unpaired) electrons. The highest BCUT2D eigenvalue weighted by molar-refractivity contribution is 9.10. The van der Waals surface area contributed by atoms with Gasteiger partial charge in [0.05, 0.1) is 29.5 Å². The first-order valence-corrected chi connectivity index (χ1v) is 7.82. The summed E-state index contributed by atoms with van der Waals surface area (Å²) < 4.78 is 5.65. The average Bonchev–Trinajstić information content (AvgIpc) is 2.57. The number of halogens is 1. The molecule has 0 saturated carbocycles. The Morgan fingerprint density at radius 2 is 1.68 bits per heavy atom. The Bertz CT molecular complexity index is 854. The molecule has 2 rings (SSSR count). The van der Waals surface area contributed by atoms with Crippen LogP contribution in [-0.2, 0) is 9.59 Å². The second-order valence-corrected chi connectivity index (χ2v) is 5.89. The molecule has 0 saturated heterocycles. The number of aryl methyl sites for hydroxylation is 1. The van der Waals surface area contributed by atoms with E-state index in [1.165, 1.54) is 19.2 Å². The van der Waals surface area contributed by atoms with Gasteiger partial charge < -0.3 is 15.4 Å². The number of benzene rings is 2. The Hall–Kier alpha value is -2.94. The Labute approximate surface area is 151 Å². The number of amides is 2. The Morgan fingerprint density at radius 3 is 2.24 bits per heavy atom. The van der Waals surface area contributed by atoms with Gasteiger partial charge in [-0.05, 0) is 46.6 Å². The highest BCUT2D eigenvalue weighted by Gasteiger charge is 2.19. The number of hydrogen-bond acceptors (Lipinski definition) is 5. The van der Waals surface area contributed by atoms with Crippen LogP contribution in [0.2, 0.25) is 0 Å². The first-order chi connectivity index (χ1) is 11.8. The molecule has 0 aromatic heterocycles. The molecule has 0 heterocycles. The van der Waals surface area contributed by atoms with E-state index in [-0.39, 0.29) is 17.1 Å². The summed E-state index contributed by atoms with van der Waals surface area (Å²) in [5.74, 6) is -1.74. The molecule has 0 unspecified atom stereocenters. The highest BCUT2D eigenvalue weighted by atomic mass is 79.9. The molecule has 130 valence electrons. The first kappa shape index (κ1) is 18.4. The van der Waals surface area contributed by atoms with Crippen LogP contribution in [0.3, 0.4) is 0 Å². The number of nitro benzene ring substituents is 1. The minimum atomic E-state index is -0.931. The lowest BCUT2D eigenvalue weighted by atomic mass is 10.2. The van der Waals surface area contributed by atoms with Crippen LogP contribution in [0.1, 0.15) is 5.56 Å². The van der Waals surface area contributed by atoms with Gasteiger partial charge in [0.15, 0.2) is 0 Å². The van der Waals surface area contributed by atoms with Crippen LogP contribution in [-0.4, -0.2) is 23.8 Å². The summed E-state index contributed by atoms with van der Waals surface area (Å²) in [4.78, 5) is 34.3. The van der Waals surface area contributed by atoms with Gasteiger partial charge >= 0.3 is 11.8 Å². The molecule has 0 fully saturated rings. The van der Waals surface area contributed by atoms with E-state index in [2.05, 4.69) is 26.6 Å². The zero-order chi connectivity index (χ0) is 18.6. The van der Waals surface area contributed by atoms with Crippen molar-refractivity contribution in [3.05, 3.63) is 56.5 Å². The molecule has 2 aromatic carbocycles. The predicted molar refractivity (Wildman–Crippen MR) is 95.8 cm³/mol. The Morgan fingerprint density at radius 1 is 1.08 bits per heavy atom. The summed E-state index contributed by atoms with van der Waals surface area (Å²) in [5, 5.41) is 15.6. The number of nitro groups is 1. The van der Waals surface area contributed by atoms with Crippen LogP contribution in [0.15, 0.2) is 40.9 Å². The van der Waals surface area contributed by atoms with Gasteiger partial charge in [-0.25, -0.2) is 0 Å². The molecule has 25 heavy (non-hydrogen) atoms. The Balaban J connectivity index is 2.13. The number of ether oxygens (including phenoxy) is 1. The maximum Gasteiger partial charge on any atom is 0.314 e. The van der Waals surface area contributed by atoms with E-state index in [9.17, 15) is 19.7 Å². The van der Waals surface area contributed by atoms with Crippen molar-refractivity contribution < 1.29 is 19.2 Å². The maximum atomic E-state index is 12.1. The number of carbonyl (C=O) groups excluding carboxylic acids is 2. The van der Waals surface area contributed by atoms with E-state index in [0.717, 1.165) is 11.6 Å². The summed E-state index contributed by atoms with van der Waals surface area (Å²) >= 11 is 3.31. The number of non-ortho nitro benzene ring substituents is 1. The van der Waals surface area contributed by atoms with Crippen molar-refractivity contribution >= 4 is 44.8 Å². The van der Waals surface area contributed by atoms with Crippen molar-refractivity contribution in [2.75, 3.05) is 17.7 Å². The van der Waals surface area contributed by atoms with Gasteiger partial charge in [0.25, 0.3) is 5.69 Å². The molecule has 0 aliphatic carbocycles. The average molecular weight is 408 g/mol. The van der Waals surface area contributed by atoms with E-state index < -0.39 is 16.7 Å². The van der Waals surface area contributed by atoms with Gasteiger partial charge in [0, 0.05) is 10.5 Å². The number of carbonyl (C=O) groups is 2. The minimum absolute atomic E-state index is 0.0758. The van der Waals surface area contributed by atoms with Gasteiger partial charge in [-0.15, -0.1) is 0 Å². The van der Waals surface area contributed by atoms with E-state index in [4.69, 9.17) is 4.74 Å². The van der Waals surface area contributed by atoms with Crippen LogP contribution in [0.4, 0.5) is 17.1 Å². The van der Waals surface area contributed by atoms with Crippen LogP contribution < -0.4 is 15.4 Å². The van der Waals surface area contributed by atoms with Crippen LogP contribution in [0.5, 0.6) is 5.75 Å². The molecule has 0 spiro atoms. The molecule has 0 aliphatic rings. The van der Waals surface area contributed by atoms with E-state index in [1.54, 1.807) is 18.2 Å². The molecule has 9 heteroatoms. The van der Waals surface area contributed by atoms with Crippen molar-refractivity contribution in [3.63, 3.8) is 0 Å². The van der Waals surface area contributed by atoms with Crippen molar-refractivity contribution in [1.29, 1.82) is 0 Å². The lowest BCUT2D eigenvalue weighted by molar-refractivity contribution is -0.384. The molecule has 0 aliphatic heterocycles. The minimum Gasteiger partial charge on any atom is -0.494 e. The molecule has 8 nitrogen and oxygen atoms in total. The van der Waals surface area contributed by atoms with Crippen molar-refractivity contribution in [3.8, 4) is 5.75 Å². The fraction of sp³-hybridized carbons (Fsp3) is 0.125. The van der Waals surface area contributed by atoms with Gasteiger partial charge in [0.1, 0.15) is 5.75 Å².